The van der Waals surface area contributed by atoms with Gasteiger partial charge in [-0.15, -0.1) is 31.0 Å². The first-order valence-electron chi connectivity index (χ1n) is 26.1. The van der Waals surface area contributed by atoms with Crippen molar-refractivity contribution in [1.82, 2.24) is 29.9 Å². The van der Waals surface area contributed by atoms with E-state index in [4.69, 9.17) is 56.8 Å². The van der Waals surface area contributed by atoms with Gasteiger partial charge in [0.05, 0.1) is 23.8 Å². The van der Waals surface area contributed by atoms with Gasteiger partial charge in [-0.05, 0) is 149 Å². The summed E-state index contributed by atoms with van der Waals surface area (Å²) < 4.78 is 34.5. The van der Waals surface area contributed by atoms with Gasteiger partial charge in [-0.2, -0.15) is 9.97 Å². The third-order valence-electron chi connectivity index (χ3n) is 9.08. The summed E-state index contributed by atoms with van der Waals surface area (Å²) in [5.74, 6) is 108. The molecule has 95 heavy (non-hydrogen) atoms. The zero-order chi connectivity index (χ0) is 69.4. The molecule has 0 aliphatic rings. The van der Waals surface area contributed by atoms with Crippen molar-refractivity contribution < 1.29 is 17.9 Å². The van der Waals surface area contributed by atoms with Gasteiger partial charge in [-0.1, -0.05) is 63.9 Å². The fraction of sp³-hybridized carbons (Fsp3) is 0.103. The number of hydrogen-bond acceptors (Lipinski definition) is 15. The fourth-order valence-electron chi connectivity index (χ4n) is 5.34. The summed E-state index contributed by atoms with van der Waals surface area (Å²) in [5, 5.41) is 5.11. The summed E-state index contributed by atoms with van der Waals surface area (Å²) in [6, 6.07) is 13.6. The van der Waals surface area contributed by atoms with Gasteiger partial charge in [0.2, 0.25) is 21.9 Å². The molecule has 1 aromatic carbocycles. The number of anilines is 4. The highest BCUT2D eigenvalue weighted by molar-refractivity contribution is 7.98. The Hall–Kier alpha value is -15.4. The van der Waals surface area contributed by atoms with Crippen LogP contribution in [-0.2, 0) is 15.8 Å². The quantitative estimate of drug-likeness (QED) is 0.0818. The molecular formula is C78H43N11O4S2. The largest absolute Gasteiger partial charge is 0.450 e. The molecule has 0 aliphatic carbocycles. The van der Waals surface area contributed by atoms with Gasteiger partial charge in [0.15, 0.2) is 34.6 Å². The van der Waals surface area contributed by atoms with Crippen molar-refractivity contribution in [3.05, 3.63) is 84.2 Å². The number of rotatable bonds is 10. The molecule has 15 nitrogen and oxygen atoms in total. The van der Waals surface area contributed by atoms with Crippen molar-refractivity contribution in [3.8, 4) is 297 Å². The predicted octanol–water partition coefficient (Wildman–Crippen LogP) is 5.80. The van der Waals surface area contributed by atoms with E-state index in [0.717, 1.165) is 16.3 Å². The number of nitrogens with two attached hydrogens (primary N) is 5. The predicted molar refractivity (Wildman–Crippen MR) is 374 cm³/mol. The number of primary sulfonamides is 1. The van der Waals surface area contributed by atoms with E-state index in [9.17, 15) is 8.42 Å². The van der Waals surface area contributed by atoms with E-state index in [0.29, 0.717) is 17.2 Å². The van der Waals surface area contributed by atoms with Crippen LogP contribution in [0.25, 0.3) is 0 Å². The molecule has 10 N–H and O–H groups in total. The van der Waals surface area contributed by atoms with Gasteiger partial charge in [-0.3, -0.25) is 9.97 Å². The van der Waals surface area contributed by atoms with E-state index in [1.807, 2.05) is 44.3 Å². The van der Waals surface area contributed by atoms with E-state index < -0.39 is 10.0 Å². The number of pyridine rings is 2. The van der Waals surface area contributed by atoms with Gasteiger partial charge in [0.25, 0.3) is 0 Å². The average molecular weight is 1260 g/mol. The van der Waals surface area contributed by atoms with Crippen LogP contribution in [0.1, 0.15) is 63.4 Å². The van der Waals surface area contributed by atoms with Crippen LogP contribution in [0.2, 0.25) is 0 Å². The zero-order valence-electron chi connectivity index (χ0n) is 51.0. The Morgan fingerprint density at radius 3 is 1.03 bits per heavy atom. The second kappa shape index (κ2) is 47.7. The molecule has 0 saturated heterocycles. The number of benzene rings is 1. The molecule has 0 amide bonds. The number of nitrogen functional groups attached to an aromatic ring is 4. The molecule has 446 valence electrons. The SMILES string of the molecule is C#CC#CC#C.C#CC#CC#CC#CC#CC#CC#CC#CC#CC#CC#CC#CC#CC#CC#CC#CC#CC#CC#CC#CC.CC(C)c1ncc(S(N)(=O)=O)cc1Oc1cnc(N)nc1N.CC(C)c1ncc(SCc2ccccc2)cc1Oc1cnc(N)nc1N. The van der Waals surface area contributed by atoms with Crippen LogP contribution >= 0.6 is 11.8 Å². The Kier molecular flexibility index (Phi) is 38.0. The average Bonchev–Trinajstić information content (AvgIpc) is 0.900. The maximum Gasteiger partial charge on any atom is 0.239 e. The van der Waals surface area contributed by atoms with Crippen molar-refractivity contribution in [2.45, 2.75) is 62.0 Å². The molecule has 0 spiro atoms. The van der Waals surface area contributed by atoms with Gasteiger partial charge in [-0.25, -0.2) is 23.5 Å². The lowest BCUT2D eigenvalue weighted by molar-refractivity contribution is 0.464. The van der Waals surface area contributed by atoms with Crippen LogP contribution < -0.4 is 37.5 Å². The smallest absolute Gasteiger partial charge is 0.239 e. The van der Waals surface area contributed by atoms with Crippen LogP contribution in [0.5, 0.6) is 23.0 Å². The van der Waals surface area contributed by atoms with Crippen LogP contribution in [0, 0.1) is 274 Å². The fourth-order valence-corrected chi connectivity index (χ4v) is 6.65. The second-order valence-corrected chi connectivity index (χ2v) is 19.1. The Bertz CT molecular complexity index is 5360. The summed E-state index contributed by atoms with van der Waals surface area (Å²) in [4.78, 5) is 25.0. The minimum absolute atomic E-state index is 0.00495. The first kappa shape index (κ1) is 75.7. The molecule has 17 heteroatoms. The number of sulfonamides is 1. The highest BCUT2D eigenvalue weighted by atomic mass is 32.2. The van der Waals surface area contributed by atoms with Gasteiger partial charge in [0.1, 0.15) is 4.90 Å². The molecule has 4 heterocycles. The Morgan fingerprint density at radius 2 is 0.726 bits per heavy atom. The molecule has 0 fully saturated rings. The van der Waals surface area contributed by atoms with Crippen LogP contribution in [0.15, 0.2) is 77.0 Å². The first-order chi connectivity index (χ1) is 46.0. The number of aromatic nitrogens is 6. The summed E-state index contributed by atoms with van der Waals surface area (Å²) in [6.45, 7) is 9.58. The maximum absolute atomic E-state index is 11.4. The summed E-state index contributed by atoms with van der Waals surface area (Å²) >= 11 is 1.70. The number of terminal acetylenes is 3. The highest BCUT2D eigenvalue weighted by Gasteiger charge is 2.18. The molecule has 4 aromatic heterocycles. The van der Waals surface area contributed by atoms with Gasteiger partial charge in [0, 0.05) is 159 Å². The number of ether oxygens (including phenoxy) is 2. The molecule has 0 aliphatic heterocycles. The number of thioether (sulfide) groups is 1. The van der Waals surface area contributed by atoms with Crippen LogP contribution in [-0.4, -0.2) is 38.3 Å². The molecule has 0 unspecified atom stereocenters. The van der Waals surface area contributed by atoms with E-state index in [-0.39, 0.29) is 51.8 Å². The molecular weight excluding hydrogens is 1220 g/mol. The van der Waals surface area contributed by atoms with Crippen LogP contribution in [0.3, 0.4) is 0 Å². The van der Waals surface area contributed by atoms with E-state index in [1.165, 1.54) is 30.2 Å². The maximum atomic E-state index is 11.4. The Morgan fingerprint density at radius 1 is 0.421 bits per heavy atom. The Labute approximate surface area is 560 Å². The number of nitrogens with zero attached hydrogens (tertiary/aromatic N) is 6. The monoisotopic (exact) mass is 1260 g/mol. The lowest BCUT2D eigenvalue weighted by Gasteiger charge is -2.15. The van der Waals surface area contributed by atoms with E-state index in [1.54, 1.807) is 18.7 Å². The van der Waals surface area contributed by atoms with Gasteiger partial charge < -0.3 is 32.4 Å². The third-order valence-corrected chi connectivity index (χ3v) is 11.0. The van der Waals surface area contributed by atoms with Crippen molar-refractivity contribution in [2.24, 2.45) is 5.14 Å². The molecule has 0 bridgehead atoms. The molecule has 5 aromatic rings. The lowest BCUT2D eigenvalue weighted by Crippen LogP contribution is -2.13. The minimum atomic E-state index is -3.90. The lowest BCUT2D eigenvalue weighted by atomic mass is 10.1. The van der Waals surface area contributed by atoms with E-state index >= 15 is 0 Å². The normalized spacial score (nSPS) is 7.55. The summed E-state index contributed by atoms with van der Waals surface area (Å²) in [5.41, 5.74) is 25.2. The van der Waals surface area contributed by atoms with Crippen molar-refractivity contribution in [3.63, 3.8) is 0 Å². The van der Waals surface area contributed by atoms with Gasteiger partial charge >= 0.3 is 0 Å². The summed E-state index contributed by atoms with van der Waals surface area (Å²) in [6.07, 6.45) is 20.2. The zero-order valence-corrected chi connectivity index (χ0v) is 52.6. The van der Waals surface area contributed by atoms with Crippen molar-refractivity contribution >= 4 is 45.3 Å². The third kappa shape index (κ3) is 36.4. The summed E-state index contributed by atoms with van der Waals surface area (Å²) in [7, 11) is -3.90. The second-order valence-electron chi connectivity index (χ2n) is 16.5. The van der Waals surface area contributed by atoms with E-state index in [2.05, 4.69) is 310 Å². The molecule has 0 saturated carbocycles. The van der Waals surface area contributed by atoms with Crippen LogP contribution in [0.4, 0.5) is 23.5 Å². The standard InChI is InChI=1S/C41H4.C19H21N5OS.C12H16N6O3S.C6H2/c1-3-5-7-9-11-13-15-17-19-21-23-25-27-29-31-33-35-37-39-41-40-38-36-34-32-30-28-26-24-22-20-18-16-14-12-10-8-6-4-2;1-12(2)17-15(25-16-10-23-19(21)24-18(16)20)8-14(9-22-17)26-11-13-6-4-3-5-7-13;1-6(2)10-8(3-7(4-16-10)22(15,19)20)21-9-5-17-12(14)18-11(9)13;1-3-5-6-4-2/h1H,2H3;3-10,12H,11H2,1-2H3,(H4,20,21,23,24);3-6H,1-2H3,(H2,15,19,20)(H4,13,14,17,18);1-2H. The Balaban J connectivity index is 0.000000486. The van der Waals surface area contributed by atoms with Crippen molar-refractivity contribution in [2.75, 3.05) is 22.9 Å². The highest BCUT2D eigenvalue weighted by Crippen LogP contribution is 2.35. The topological polar surface area (TPSA) is 260 Å². The molecule has 5 rings (SSSR count). The first-order valence-corrected chi connectivity index (χ1v) is 28.7. The molecule has 0 atom stereocenters. The minimum Gasteiger partial charge on any atom is -0.450 e. The molecule has 0 radical (unpaired) electrons. The van der Waals surface area contributed by atoms with Crippen molar-refractivity contribution in [1.29, 1.82) is 0 Å². The number of hydrogen-bond donors (Lipinski definition) is 5.